The average molecular weight is 387 g/mol. The first kappa shape index (κ1) is 18.6. The van der Waals surface area contributed by atoms with Gasteiger partial charge in [0.15, 0.2) is 0 Å². The van der Waals surface area contributed by atoms with Crippen molar-refractivity contribution >= 4 is 22.4 Å². The van der Waals surface area contributed by atoms with E-state index in [0.717, 1.165) is 47.8 Å². The molecular weight excluding hydrogens is 356 g/mol. The zero-order chi connectivity index (χ0) is 19.5. The van der Waals surface area contributed by atoms with Gasteiger partial charge in [-0.05, 0) is 49.1 Å². The van der Waals surface area contributed by atoms with Gasteiger partial charge in [-0.25, -0.2) is 4.98 Å². The Balaban J connectivity index is 1.27. The molecule has 2 aromatic heterocycles. The van der Waals surface area contributed by atoms with Gasteiger partial charge in [0.05, 0.1) is 17.4 Å². The third-order valence-electron chi connectivity index (χ3n) is 6.66. The first-order valence-electron chi connectivity index (χ1n) is 11.2. The summed E-state index contributed by atoms with van der Waals surface area (Å²) in [6.07, 6.45) is 13.5. The zero-order valence-corrected chi connectivity index (χ0v) is 17.1. The summed E-state index contributed by atoms with van der Waals surface area (Å²) in [5.74, 6) is 1.95. The first-order chi connectivity index (χ1) is 14.3. The van der Waals surface area contributed by atoms with Crippen molar-refractivity contribution in [3.8, 4) is 0 Å². The molecule has 5 rings (SSSR count). The number of benzene rings is 1. The van der Waals surface area contributed by atoms with E-state index in [1.54, 1.807) is 0 Å². The van der Waals surface area contributed by atoms with Gasteiger partial charge in [0.2, 0.25) is 0 Å². The number of hydrogen-bond donors (Lipinski definition) is 1. The predicted octanol–water partition coefficient (Wildman–Crippen LogP) is 5.70. The second kappa shape index (κ2) is 8.50. The Morgan fingerprint density at radius 1 is 1.03 bits per heavy atom. The average Bonchev–Trinajstić information content (AvgIpc) is 2.78. The molecule has 1 N–H and O–H groups in total. The number of rotatable bonds is 5. The van der Waals surface area contributed by atoms with Crippen LogP contribution in [0.2, 0.25) is 0 Å². The summed E-state index contributed by atoms with van der Waals surface area (Å²) in [7, 11) is 0. The van der Waals surface area contributed by atoms with E-state index in [0.29, 0.717) is 0 Å². The van der Waals surface area contributed by atoms with Gasteiger partial charge in [0.1, 0.15) is 5.82 Å². The summed E-state index contributed by atoms with van der Waals surface area (Å²) in [6, 6.07) is 12.6. The molecule has 0 atom stereocenters. The lowest BCUT2D eigenvalue weighted by atomic mass is 9.87. The number of anilines is 2. The summed E-state index contributed by atoms with van der Waals surface area (Å²) in [5, 5.41) is 4.68. The molecule has 0 bridgehead atoms. The Hall–Kier alpha value is -2.46. The molecule has 29 heavy (non-hydrogen) atoms. The topological polar surface area (TPSA) is 41.1 Å². The van der Waals surface area contributed by atoms with E-state index in [1.165, 1.54) is 56.2 Å². The highest BCUT2D eigenvalue weighted by Crippen LogP contribution is 2.30. The molecule has 0 saturated heterocycles. The number of pyridine rings is 2. The highest BCUT2D eigenvalue weighted by atomic mass is 15.1. The highest BCUT2D eigenvalue weighted by Gasteiger charge is 2.21. The molecular formula is C25H30N4. The quantitative estimate of drug-likeness (QED) is 0.610. The van der Waals surface area contributed by atoms with Crippen molar-refractivity contribution in [2.75, 3.05) is 18.4 Å². The minimum Gasteiger partial charge on any atom is -0.339 e. The molecule has 0 spiro atoms. The van der Waals surface area contributed by atoms with Gasteiger partial charge in [-0.1, -0.05) is 50.3 Å². The van der Waals surface area contributed by atoms with Crippen molar-refractivity contribution in [2.24, 2.45) is 5.92 Å². The lowest BCUT2D eigenvalue weighted by Crippen LogP contribution is -2.33. The van der Waals surface area contributed by atoms with Crippen LogP contribution >= 0.6 is 0 Å². The van der Waals surface area contributed by atoms with Crippen molar-refractivity contribution in [3.05, 3.63) is 59.9 Å². The Bertz CT molecular complexity index is 977. The van der Waals surface area contributed by atoms with Crippen LogP contribution in [0.25, 0.3) is 10.9 Å². The van der Waals surface area contributed by atoms with E-state index in [9.17, 15) is 0 Å². The number of aromatic nitrogens is 2. The monoisotopic (exact) mass is 386 g/mol. The van der Waals surface area contributed by atoms with Crippen LogP contribution < -0.4 is 5.32 Å². The maximum atomic E-state index is 4.65. The molecule has 1 fully saturated rings. The Morgan fingerprint density at radius 3 is 2.86 bits per heavy atom. The fourth-order valence-electron chi connectivity index (χ4n) is 4.96. The maximum absolute atomic E-state index is 4.65. The minimum atomic E-state index is 0.959. The van der Waals surface area contributed by atoms with Gasteiger partial charge in [-0.15, -0.1) is 0 Å². The summed E-state index contributed by atoms with van der Waals surface area (Å²) in [5.41, 5.74) is 4.82. The number of para-hydroxylation sites is 1. The second-order valence-corrected chi connectivity index (χ2v) is 8.66. The van der Waals surface area contributed by atoms with Crippen molar-refractivity contribution in [2.45, 2.75) is 51.5 Å². The van der Waals surface area contributed by atoms with Gasteiger partial charge in [-0.2, -0.15) is 0 Å². The molecule has 4 nitrogen and oxygen atoms in total. The van der Waals surface area contributed by atoms with Crippen molar-refractivity contribution in [3.63, 3.8) is 0 Å². The summed E-state index contributed by atoms with van der Waals surface area (Å²) < 4.78 is 0. The fourth-order valence-corrected chi connectivity index (χ4v) is 4.96. The van der Waals surface area contributed by atoms with E-state index in [-0.39, 0.29) is 0 Å². The zero-order valence-electron chi connectivity index (χ0n) is 17.1. The van der Waals surface area contributed by atoms with Gasteiger partial charge in [-0.3, -0.25) is 9.88 Å². The highest BCUT2D eigenvalue weighted by molar-refractivity contribution is 5.82. The largest absolute Gasteiger partial charge is 0.339 e. The lowest BCUT2D eigenvalue weighted by Gasteiger charge is -2.31. The van der Waals surface area contributed by atoms with E-state index in [1.807, 2.05) is 24.5 Å². The van der Waals surface area contributed by atoms with Crippen molar-refractivity contribution < 1.29 is 0 Å². The number of fused-ring (bicyclic) bond motifs is 2. The summed E-state index contributed by atoms with van der Waals surface area (Å²) >= 11 is 0. The van der Waals surface area contributed by atoms with Crippen LogP contribution in [0, 0.1) is 5.92 Å². The molecule has 1 aliphatic carbocycles. The van der Waals surface area contributed by atoms with Gasteiger partial charge in [0.25, 0.3) is 0 Å². The SMILES string of the molecule is c1ccc2ncc(Nc3nccc4c3CCN(CCC3CCCCC3)C4)cc2c1. The van der Waals surface area contributed by atoms with Crippen molar-refractivity contribution in [1.82, 2.24) is 14.9 Å². The number of hydrogen-bond acceptors (Lipinski definition) is 4. The minimum absolute atomic E-state index is 0.959. The van der Waals surface area contributed by atoms with Gasteiger partial charge >= 0.3 is 0 Å². The van der Waals surface area contributed by atoms with Crippen LogP contribution in [0.3, 0.4) is 0 Å². The molecule has 0 radical (unpaired) electrons. The maximum Gasteiger partial charge on any atom is 0.133 e. The number of nitrogens with zero attached hydrogens (tertiary/aromatic N) is 3. The summed E-state index contributed by atoms with van der Waals surface area (Å²) in [6.45, 7) is 3.43. The van der Waals surface area contributed by atoms with E-state index in [4.69, 9.17) is 0 Å². The smallest absolute Gasteiger partial charge is 0.133 e. The fraction of sp³-hybridized carbons (Fsp3) is 0.440. The third kappa shape index (κ3) is 4.27. The molecule has 1 saturated carbocycles. The second-order valence-electron chi connectivity index (χ2n) is 8.66. The molecule has 1 aromatic carbocycles. The van der Waals surface area contributed by atoms with Crippen molar-refractivity contribution in [1.29, 1.82) is 0 Å². The molecule has 2 aliphatic rings. The van der Waals surface area contributed by atoms with Crippen LogP contribution in [0.1, 0.15) is 49.7 Å². The third-order valence-corrected chi connectivity index (χ3v) is 6.66. The standard InChI is InChI=1S/C25H30N4/c1-2-6-19(7-3-1)11-14-29-15-12-23-21(18-29)10-13-26-25(23)28-22-16-20-8-4-5-9-24(20)27-17-22/h4-5,8-10,13,16-17,19H,1-3,6-7,11-12,14-15,18H2,(H,26,28). The van der Waals surface area contributed by atoms with Crippen LogP contribution in [0.5, 0.6) is 0 Å². The Kier molecular flexibility index (Phi) is 5.44. The van der Waals surface area contributed by atoms with Crippen LogP contribution in [-0.2, 0) is 13.0 Å². The normalized spacial score (nSPS) is 17.9. The molecule has 3 heterocycles. The molecule has 4 heteroatoms. The first-order valence-corrected chi connectivity index (χ1v) is 11.2. The molecule has 3 aromatic rings. The molecule has 150 valence electrons. The Morgan fingerprint density at radius 2 is 1.93 bits per heavy atom. The number of nitrogens with one attached hydrogen (secondary N) is 1. The van der Waals surface area contributed by atoms with Crippen LogP contribution in [-0.4, -0.2) is 28.0 Å². The Labute approximate surface area is 173 Å². The molecule has 0 amide bonds. The van der Waals surface area contributed by atoms with E-state index >= 15 is 0 Å². The van der Waals surface area contributed by atoms with Crippen LogP contribution in [0.4, 0.5) is 11.5 Å². The predicted molar refractivity (Wildman–Crippen MR) is 119 cm³/mol. The molecule has 1 aliphatic heterocycles. The van der Waals surface area contributed by atoms with E-state index in [2.05, 4.69) is 44.5 Å². The lowest BCUT2D eigenvalue weighted by molar-refractivity contribution is 0.217. The van der Waals surface area contributed by atoms with Gasteiger partial charge in [0, 0.05) is 30.2 Å². The summed E-state index contributed by atoms with van der Waals surface area (Å²) in [4.78, 5) is 11.9. The molecule has 0 unspecified atom stereocenters. The van der Waals surface area contributed by atoms with E-state index < -0.39 is 0 Å². The van der Waals surface area contributed by atoms with Crippen LogP contribution in [0.15, 0.2) is 48.8 Å². The van der Waals surface area contributed by atoms with Gasteiger partial charge < -0.3 is 5.32 Å².